The molecule has 0 aromatic rings. The summed E-state index contributed by atoms with van der Waals surface area (Å²) in [5.74, 6) is -1.14. The zero-order chi connectivity index (χ0) is 10.3. The summed E-state index contributed by atoms with van der Waals surface area (Å²) in [6, 6.07) is -0.950. The van der Waals surface area contributed by atoms with Gasteiger partial charge in [-0.25, -0.2) is 4.79 Å². The maximum absolute atomic E-state index is 10.3. The lowest BCUT2D eigenvalue weighted by Crippen LogP contribution is -2.86. The maximum atomic E-state index is 10.3. The molecular formula is C6H16N4O4. The lowest BCUT2D eigenvalue weighted by molar-refractivity contribution is -0.616. The van der Waals surface area contributed by atoms with Crippen LogP contribution < -0.4 is 16.9 Å². The van der Waals surface area contributed by atoms with Gasteiger partial charge in [-0.3, -0.25) is 4.99 Å². The number of aliphatic carboxylic acids is 1. The van der Waals surface area contributed by atoms with Crippen molar-refractivity contribution in [1.82, 2.24) is 0 Å². The van der Waals surface area contributed by atoms with Crippen molar-refractivity contribution < 1.29 is 20.9 Å². The van der Waals surface area contributed by atoms with Crippen molar-refractivity contribution in [2.24, 2.45) is 16.5 Å². The molecule has 84 valence electrons. The smallest absolute Gasteiger partial charge is 0.362 e. The minimum atomic E-state index is -1.11. The highest BCUT2D eigenvalue weighted by molar-refractivity contribution is 5.75. The van der Waals surface area contributed by atoms with Gasteiger partial charge >= 0.3 is 5.97 Å². The SMILES string of the molecule is NC(N)=NCCC[C@H]([NH2+][O-])C(=O)O.O. The molecule has 8 heteroatoms. The number of aliphatic imine (C=N–C) groups is 1. The monoisotopic (exact) mass is 208 g/mol. The standard InChI is InChI=1S/C6H14N4O3.H2O/c7-6(8)9-3-1-2-4(10-13)5(11)12;/h4H,1-3,10H2,(H,11,12)(H4,7,8,9);1H2/t4-;/m0./s1. The van der Waals surface area contributed by atoms with Gasteiger partial charge in [0.15, 0.2) is 12.0 Å². The van der Waals surface area contributed by atoms with Gasteiger partial charge in [0, 0.05) is 13.0 Å². The number of nitrogens with two attached hydrogens (primary N) is 3. The summed E-state index contributed by atoms with van der Waals surface area (Å²) in [6.07, 6.45) is 0.739. The number of nitrogens with zero attached hydrogens (tertiary/aromatic N) is 1. The molecule has 0 aliphatic carbocycles. The fourth-order valence-corrected chi connectivity index (χ4v) is 0.769. The summed E-state index contributed by atoms with van der Waals surface area (Å²) in [6.45, 7) is 0.347. The Balaban J connectivity index is 0. The molecule has 8 nitrogen and oxygen atoms in total. The molecule has 0 saturated heterocycles. The first kappa shape index (κ1) is 15.1. The average molecular weight is 208 g/mol. The molecule has 0 spiro atoms. The molecule has 0 aliphatic rings. The maximum Gasteiger partial charge on any atom is 0.362 e. The summed E-state index contributed by atoms with van der Waals surface area (Å²) < 4.78 is 0. The van der Waals surface area contributed by atoms with E-state index in [-0.39, 0.29) is 17.9 Å². The topological polar surface area (TPSA) is 173 Å². The van der Waals surface area contributed by atoms with E-state index >= 15 is 0 Å². The van der Waals surface area contributed by atoms with Crippen LogP contribution in [-0.2, 0) is 4.79 Å². The van der Waals surface area contributed by atoms with Crippen LogP contribution in [0.5, 0.6) is 0 Å². The minimum absolute atomic E-state index is 0. The molecule has 0 radical (unpaired) electrons. The van der Waals surface area contributed by atoms with Gasteiger partial charge in [-0.1, -0.05) is 0 Å². The molecule has 9 N–H and O–H groups in total. The summed E-state index contributed by atoms with van der Waals surface area (Å²) in [5, 5.41) is 18.7. The van der Waals surface area contributed by atoms with Crippen molar-refractivity contribution in [3.05, 3.63) is 5.21 Å². The number of carboxylic acid groups (broad SMARTS) is 1. The van der Waals surface area contributed by atoms with Crippen molar-refractivity contribution in [1.29, 1.82) is 0 Å². The molecule has 0 aliphatic heterocycles. The van der Waals surface area contributed by atoms with Crippen LogP contribution in [-0.4, -0.2) is 35.1 Å². The van der Waals surface area contributed by atoms with Crippen molar-refractivity contribution >= 4 is 11.9 Å². The van der Waals surface area contributed by atoms with Crippen molar-refractivity contribution in [2.75, 3.05) is 6.54 Å². The number of guanidine groups is 1. The fraction of sp³-hybridized carbons (Fsp3) is 0.667. The van der Waals surface area contributed by atoms with Crippen LogP contribution in [0.25, 0.3) is 0 Å². The predicted molar refractivity (Wildman–Crippen MR) is 50.2 cm³/mol. The van der Waals surface area contributed by atoms with E-state index in [9.17, 15) is 10.0 Å². The highest BCUT2D eigenvalue weighted by atomic mass is 16.5. The van der Waals surface area contributed by atoms with Gasteiger partial charge in [0.05, 0.1) is 0 Å². The summed E-state index contributed by atoms with van der Waals surface area (Å²) in [7, 11) is 0. The predicted octanol–water partition coefficient (Wildman–Crippen LogP) is -3.27. The number of hydrogen-bond donors (Lipinski definition) is 4. The van der Waals surface area contributed by atoms with Gasteiger partial charge in [-0.2, -0.15) is 0 Å². The third-order valence-corrected chi connectivity index (χ3v) is 1.45. The first-order chi connectivity index (χ1) is 6.07. The molecular weight excluding hydrogens is 192 g/mol. The Labute approximate surface area is 80.9 Å². The molecule has 0 heterocycles. The Bertz CT molecular complexity index is 192. The van der Waals surface area contributed by atoms with E-state index in [1.54, 1.807) is 0 Å². The van der Waals surface area contributed by atoms with E-state index in [0.717, 1.165) is 0 Å². The molecule has 14 heavy (non-hydrogen) atoms. The van der Waals surface area contributed by atoms with E-state index in [4.69, 9.17) is 16.6 Å². The number of carbonyl (C=O) groups is 1. The second kappa shape index (κ2) is 8.23. The number of hydroxylamine groups is 1. The van der Waals surface area contributed by atoms with E-state index in [0.29, 0.717) is 18.4 Å². The van der Waals surface area contributed by atoms with Crippen molar-refractivity contribution in [3.63, 3.8) is 0 Å². The quantitative estimate of drug-likeness (QED) is 0.155. The Morgan fingerprint density at radius 2 is 2.14 bits per heavy atom. The summed E-state index contributed by atoms with van der Waals surface area (Å²) in [5.41, 5.74) is 10.5. The van der Waals surface area contributed by atoms with Crippen LogP contribution >= 0.6 is 0 Å². The van der Waals surface area contributed by atoms with E-state index in [2.05, 4.69) is 4.99 Å². The second-order valence-corrected chi connectivity index (χ2v) is 2.53. The lowest BCUT2D eigenvalue weighted by atomic mass is 10.2. The Morgan fingerprint density at radius 3 is 2.50 bits per heavy atom. The van der Waals surface area contributed by atoms with Gasteiger partial charge in [-0.05, 0) is 6.42 Å². The number of quaternary nitrogens is 1. The average Bonchev–Trinajstić information content (AvgIpc) is 2.03. The molecule has 0 fully saturated rings. The Morgan fingerprint density at radius 1 is 1.57 bits per heavy atom. The van der Waals surface area contributed by atoms with Crippen molar-refractivity contribution in [3.8, 4) is 0 Å². The van der Waals surface area contributed by atoms with Crippen LogP contribution in [0.2, 0.25) is 0 Å². The lowest BCUT2D eigenvalue weighted by Gasteiger charge is -2.11. The minimum Gasteiger partial charge on any atom is -0.635 e. The number of hydrogen-bond acceptors (Lipinski definition) is 3. The van der Waals surface area contributed by atoms with E-state index in [1.807, 2.05) is 0 Å². The molecule has 0 rings (SSSR count). The summed E-state index contributed by atoms with van der Waals surface area (Å²) in [4.78, 5) is 14.0. The first-order valence-corrected chi connectivity index (χ1v) is 3.81. The number of carboxylic acids is 1. The molecule has 0 saturated carbocycles. The van der Waals surface area contributed by atoms with E-state index < -0.39 is 12.0 Å². The fourth-order valence-electron chi connectivity index (χ4n) is 0.769. The summed E-state index contributed by atoms with van der Waals surface area (Å²) >= 11 is 0. The Hall–Kier alpha value is -1.38. The largest absolute Gasteiger partial charge is 0.635 e. The third kappa shape index (κ3) is 7.28. The number of rotatable bonds is 6. The zero-order valence-corrected chi connectivity index (χ0v) is 7.64. The zero-order valence-electron chi connectivity index (χ0n) is 7.64. The molecule has 0 amide bonds. The third-order valence-electron chi connectivity index (χ3n) is 1.45. The van der Waals surface area contributed by atoms with Gasteiger partial charge in [0.1, 0.15) is 0 Å². The molecule has 0 unspecified atom stereocenters. The first-order valence-electron chi connectivity index (χ1n) is 3.81. The van der Waals surface area contributed by atoms with Crippen LogP contribution in [0.4, 0.5) is 0 Å². The second-order valence-electron chi connectivity index (χ2n) is 2.53. The van der Waals surface area contributed by atoms with Crippen LogP contribution in [0.3, 0.4) is 0 Å². The normalized spacial score (nSPS) is 11.2. The van der Waals surface area contributed by atoms with Gasteiger partial charge in [-0.15, -0.1) is 0 Å². The van der Waals surface area contributed by atoms with Crippen molar-refractivity contribution in [2.45, 2.75) is 18.9 Å². The highest BCUT2D eigenvalue weighted by Crippen LogP contribution is 1.93. The van der Waals surface area contributed by atoms with Crippen LogP contribution in [0.1, 0.15) is 12.8 Å². The molecule has 0 aromatic heterocycles. The van der Waals surface area contributed by atoms with Crippen LogP contribution in [0.15, 0.2) is 4.99 Å². The van der Waals surface area contributed by atoms with Gasteiger partial charge < -0.3 is 32.7 Å². The molecule has 1 atom stereocenters. The van der Waals surface area contributed by atoms with Gasteiger partial charge in [0.25, 0.3) is 0 Å². The van der Waals surface area contributed by atoms with E-state index in [1.165, 1.54) is 0 Å². The molecule has 0 bridgehead atoms. The van der Waals surface area contributed by atoms with Gasteiger partial charge in [0.2, 0.25) is 0 Å². The highest BCUT2D eigenvalue weighted by Gasteiger charge is 2.15. The molecule has 0 aromatic carbocycles. The Kier molecular flexibility index (Phi) is 8.88. The van der Waals surface area contributed by atoms with Crippen LogP contribution in [0, 0.1) is 5.21 Å².